The monoisotopic (exact) mass is 250 g/mol. The van der Waals surface area contributed by atoms with Gasteiger partial charge < -0.3 is 10.2 Å². The van der Waals surface area contributed by atoms with Gasteiger partial charge in [0.05, 0.1) is 6.42 Å². The third-order valence-corrected chi connectivity index (χ3v) is 3.38. The fourth-order valence-corrected chi connectivity index (χ4v) is 2.45. The second-order valence-corrected chi connectivity index (χ2v) is 4.86. The van der Waals surface area contributed by atoms with Crippen molar-refractivity contribution < 1.29 is 9.18 Å². The Morgan fingerprint density at radius 3 is 3.11 bits per heavy atom. The van der Waals surface area contributed by atoms with E-state index in [9.17, 15) is 9.18 Å². The molecule has 1 saturated heterocycles. The highest BCUT2D eigenvalue weighted by Crippen LogP contribution is 2.17. The first kappa shape index (κ1) is 13.0. The summed E-state index contributed by atoms with van der Waals surface area (Å²) >= 11 is 0. The van der Waals surface area contributed by atoms with E-state index < -0.39 is 0 Å². The first-order chi connectivity index (χ1) is 8.69. The molecule has 0 aromatic heterocycles. The summed E-state index contributed by atoms with van der Waals surface area (Å²) in [4.78, 5) is 13.9. The molecule has 0 saturated carbocycles. The summed E-state index contributed by atoms with van der Waals surface area (Å²) < 4.78 is 13.0. The number of halogens is 1. The Morgan fingerprint density at radius 2 is 2.39 bits per heavy atom. The van der Waals surface area contributed by atoms with Crippen LogP contribution in [0.1, 0.15) is 12.0 Å². The minimum atomic E-state index is -0.283. The number of amides is 1. The molecule has 1 atom stereocenters. The maximum absolute atomic E-state index is 13.0. The lowest BCUT2D eigenvalue weighted by Gasteiger charge is -2.16. The van der Waals surface area contributed by atoms with E-state index in [0.29, 0.717) is 12.3 Å². The molecule has 1 aromatic rings. The van der Waals surface area contributed by atoms with Gasteiger partial charge in [-0.25, -0.2) is 4.39 Å². The fourth-order valence-electron chi connectivity index (χ4n) is 2.45. The van der Waals surface area contributed by atoms with Gasteiger partial charge in [0.2, 0.25) is 5.91 Å². The highest BCUT2D eigenvalue weighted by atomic mass is 19.1. The normalized spacial score (nSPS) is 19.2. The summed E-state index contributed by atoms with van der Waals surface area (Å²) in [6, 6.07) is 6.26. The lowest BCUT2D eigenvalue weighted by atomic mass is 10.1. The van der Waals surface area contributed by atoms with E-state index in [1.807, 2.05) is 11.9 Å². The van der Waals surface area contributed by atoms with Crippen molar-refractivity contribution in [1.82, 2.24) is 10.2 Å². The third-order valence-electron chi connectivity index (χ3n) is 3.38. The highest BCUT2D eigenvalue weighted by molar-refractivity contribution is 5.79. The van der Waals surface area contributed by atoms with Gasteiger partial charge in [0.25, 0.3) is 0 Å². The topological polar surface area (TPSA) is 32.3 Å². The Kier molecular flexibility index (Phi) is 4.31. The molecular weight excluding hydrogens is 231 g/mol. The van der Waals surface area contributed by atoms with Crippen molar-refractivity contribution >= 4 is 5.91 Å². The third kappa shape index (κ3) is 3.29. The number of likely N-dealkylation sites (tertiary alicyclic amines) is 1. The standard InChI is InChI=1S/C14H19FN2O/c1-16-9-12-5-6-17(10-12)14(18)8-11-3-2-4-13(15)7-11/h2-4,7,12,16H,5-6,8-10H2,1H3/t12-/m1/s1. The molecule has 98 valence electrons. The van der Waals surface area contributed by atoms with Crippen LogP contribution in [0.25, 0.3) is 0 Å². The Hall–Kier alpha value is -1.42. The van der Waals surface area contributed by atoms with E-state index in [-0.39, 0.29) is 11.7 Å². The van der Waals surface area contributed by atoms with E-state index >= 15 is 0 Å². The van der Waals surface area contributed by atoms with Gasteiger partial charge in [-0.1, -0.05) is 12.1 Å². The van der Waals surface area contributed by atoms with Crippen molar-refractivity contribution in [2.24, 2.45) is 5.92 Å². The van der Waals surface area contributed by atoms with E-state index in [1.54, 1.807) is 12.1 Å². The summed E-state index contributed by atoms with van der Waals surface area (Å²) in [5, 5.41) is 3.14. The van der Waals surface area contributed by atoms with Crippen LogP contribution >= 0.6 is 0 Å². The van der Waals surface area contributed by atoms with Crippen LogP contribution in [-0.2, 0) is 11.2 Å². The van der Waals surface area contributed by atoms with Gasteiger partial charge in [-0.3, -0.25) is 4.79 Å². The van der Waals surface area contributed by atoms with Crippen LogP contribution in [0, 0.1) is 11.7 Å². The Bertz CT molecular complexity index is 422. The number of hydrogen-bond acceptors (Lipinski definition) is 2. The average Bonchev–Trinajstić information content (AvgIpc) is 2.78. The molecule has 1 N–H and O–H groups in total. The molecule has 2 rings (SSSR count). The molecule has 0 radical (unpaired) electrons. The zero-order valence-corrected chi connectivity index (χ0v) is 10.7. The van der Waals surface area contributed by atoms with Crippen LogP contribution in [0.15, 0.2) is 24.3 Å². The van der Waals surface area contributed by atoms with Crippen LogP contribution in [0.3, 0.4) is 0 Å². The predicted octanol–water partition coefficient (Wildman–Crippen LogP) is 1.44. The zero-order valence-electron chi connectivity index (χ0n) is 10.7. The molecule has 4 heteroatoms. The van der Waals surface area contributed by atoms with E-state index in [1.165, 1.54) is 12.1 Å². The first-order valence-corrected chi connectivity index (χ1v) is 6.36. The van der Waals surface area contributed by atoms with Gasteiger partial charge in [-0.15, -0.1) is 0 Å². The molecule has 0 bridgehead atoms. The van der Waals surface area contributed by atoms with Crippen LogP contribution in [0.5, 0.6) is 0 Å². The summed E-state index contributed by atoms with van der Waals surface area (Å²) in [7, 11) is 1.93. The molecule has 1 aliphatic heterocycles. The van der Waals surface area contributed by atoms with Crippen molar-refractivity contribution in [3.63, 3.8) is 0 Å². The molecule has 18 heavy (non-hydrogen) atoms. The number of nitrogens with zero attached hydrogens (tertiary/aromatic N) is 1. The summed E-state index contributed by atoms with van der Waals surface area (Å²) in [6.45, 7) is 2.58. The maximum atomic E-state index is 13.0. The summed E-state index contributed by atoms with van der Waals surface area (Å²) in [5.41, 5.74) is 0.747. The number of nitrogens with one attached hydrogen (secondary N) is 1. The Balaban J connectivity index is 1.89. The summed E-state index contributed by atoms with van der Waals surface area (Å²) in [5.74, 6) is 0.362. The van der Waals surface area contributed by atoms with Crippen molar-refractivity contribution in [2.45, 2.75) is 12.8 Å². The van der Waals surface area contributed by atoms with Crippen LogP contribution in [0.2, 0.25) is 0 Å². The smallest absolute Gasteiger partial charge is 0.227 e. The lowest BCUT2D eigenvalue weighted by Crippen LogP contribution is -2.31. The number of carbonyl (C=O) groups is 1. The van der Waals surface area contributed by atoms with Crippen LogP contribution in [0.4, 0.5) is 4.39 Å². The van der Waals surface area contributed by atoms with Gasteiger partial charge in [-0.05, 0) is 43.6 Å². The van der Waals surface area contributed by atoms with Crippen LogP contribution in [-0.4, -0.2) is 37.5 Å². The lowest BCUT2D eigenvalue weighted by molar-refractivity contribution is -0.129. The van der Waals surface area contributed by atoms with Crippen molar-refractivity contribution in [3.05, 3.63) is 35.6 Å². The number of hydrogen-bond donors (Lipinski definition) is 1. The van der Waals surface area contributed by atoms with Crippen molar-refractivity contribution in [2.75, 3.05) is 26.7 Å². The van der Waals surface area contributed by atoms with Gasteiger partial charge in [0, 0.05) is 13.1 Å². The van der Waals surface area contributed by atoms with Gasteiger partial charge in [0.15, 0.2) is 0 Å². The minimum Gasteiger partial charge on any atom is -0.342 e. The molecule has 0 unspecified atom stereocenters. The number of rotatable bonds is 4. The molecule has 1 aromatic carbocycles. The van der Waals surface area contributed by atoms with E-state index in [0.717, 1.165) is 31.6 Å². The molecule has 0 aliphatic carbocycles. The SMILES string of the molecule is CNC[C@H]1CCN(C(=O)Cc2cccc(F)c2)C1. The number of carbonyl (C=O) groups excluding carboxylic acids is 1. The highest BCUT2D eigenvalue weighted by Gasteiger charge is 2.25. The molecular formula is C14H19FN2O. The zero-order chi connectivity index (χ0) is 13.0. The average molecular weight is 250 g/mol. The van der Waals surface area contributed by atoms with E-state index in [2.05, 4.69) is 5.32 Å². The predicted molar refractivity (Wildman–Crippen MR) is 68.7 cm³/mol. The van der Waals surface area contributed by atoms with Crippen molar-refractivity contribution in [3.8, 4) is 0 Å². The fraction of sp³-hybridized carbons (Fsp3) is 0.500. The summed E-state index contributed by atoms with van der Waals surface area (Å²) in [6.07, 6.45) is 1.35. The van der Waals surface area contributed by atoms with Crippen LogP contribution < -0.4 is 5.32 Å². The minimum absolute atomic E-state index is 0.0965. The van der Waals surface area contributed by atoms with Crippen molar-refractivity contribution in [1.29, 1.82) is 0 Å². The van der Waals surface area contributed by atoms with Gasteiger partial charge in [0.1, 0.15) is 5.82 Å². The molecule has 1 fully saturated rings. The second kappa shape index (κ2) is 5.96. The molecule has 0 spiro atoms. The molecule has 1 amide bonds. The van der Waals surface area contributed by atoms with Gasteiger partial charge in [-0.2, -0.15) is 0 Å². The van der Waals surface area contributed by atoms with E-state index in [4.69, 9.17) is 0 Å². The molecule has 1 aliphatic rings. The Morgan fingerprint density at radius 1 is 1.56 bits per heavy atom. The molecule has 3 nitrogen and oxygen atoms in total. The first-order valence-electron chi connectivity index (χ1n) is 6.36. The maximum Gasteiger partial charge on any atom is 0.227 e. The second-order valence-electron chi connectivity index (χ2n) is 4.86. The van der Waals surface area contributed by atoms with Gasteiger partial charge >= 0.3 is 0 Å². The largest absolute Gasteiger partial charge is 0.342 e. The Labute approximate surface area is 107 Å². The number of benzene rings is 1. The quantitative estimate of drug-likeness (QED) is 0.877. The molecule has 1 heterocycles.